The van der Waals surface area contributed by atoms with Crippen molar-refractivity contribution in [2.75, 3.05) is 0 Å². The van der Waals surface area contributed by atoms with Crippen LogP contribution in [-0.4, -0.2) is 0 Å². The van der Waals surface area contributed by atoms with E-state index in [1.54, 1.807) is 0 Å². The summed E-state index contributed by atoms with van der Waals surface area (Å²) in [5.74, 6) is 0. The van der Waals surface area contributed by atoms with Gasteiger partial charge in [-0.05, 0) is 46.7 Å². The molecule has 0 radical (unpaired) electrons. The molecular weight excluding hydrogens is 302 g/mol. The predicted octanol–water partition coefficient (Wildman–Crippen LogP) is 6.55. The Morgan fingerprint density at radius 1 is 0.720 bits per heavy atom. The first kappa shape index (κ1) is 17.7. The van der Waals surface area contributed by atoms with Crippen molar-refractivity contribution in [1.82, 2.24) is 5.32 Å². The van der Waals surface area contributed by atoms with Crippen LogP contribution in [-0.2, 0) is 5.41 Å². The van der Waals surface area contributed by atoms with Gasteiger partial charge in [0.05, 0.1) is 0 Å². The van der Waals surface area contributed by atoms with Crippen molar-refractivity contribution in [2.24, 2.45) is 0 Å². The molecule has 25 heavy (non-hydrogen) atoms. The third-order valence-corrected chi connectivity index (χ3v) is 5.07. The highest BCUT2D eigenvalue weighted by atomic mass is 14.9. The Hall–Kier alpha value is -2.12. The quantitative estimate of drug-likeness (QED) is 0.571. The van der Waals surface area contributed by atoms with Crippen LogP contribution in [0.4, 0.5) is 0 Å². The van der Waals surface area contributed by atoms with E-state index >= 15 is 0 Å². The lowest BCUT2D eigenvalue weighted by atomic mass is 9.86. The van der Waals surface area contributed by atoms with Crippen molar-refractivity contribution in [3.63, 3.8) is 0 Å². The fourth-order valence-corrected chi connectivity index (χ4v) is 3.46. The molecular formula is C24H29N. The Labute approximate surface area is 152 Å². The molecule has 2 atom stereocenters. The van der Waals surface area contributed by atoms with Crippen molar-refractivity contribution in [3.8, 4) is 0 Å². The fourth-order valence-electron chi connectivity index (χ4n) is 3.46. The number of hydrogen-bond donors (Lipinski definition) is 1. The molecule has 0 aliphatic carbocycles. The first-order valence-corrected chi connectivity index (χ1v) is 9.20. The summed E-state index contributed by atoms with van der Waals surface area (Å²) in [6.45, 7) is 11.3. The highest BCUT2D eigenvalue weighted by molar-refractivity contribution is 5.86. The number of fused-ring (bicyclic) bond motifs is 1. The largest absolute Gasteiger partial charge is 0.304 e. The van der Waals surface area contributed by atoms with Crippen LogP contribution in [0.25, 0.3) is 10.8 Å². The third-order valence-electron chi connectivity index (χ3n) is 5.07. The minimum atomic E-state index is 0.200. The Bertz CT molecular complexity index is 835. The zero-order valence-corrected chi connectivity index (χ0v) is 16.0. The van der Waals surface area contributed by atoms with Crippen LogP contribution in [0.1, 0.15) is 63.4 Å². The van der Waals surface area contributed by atoms with Gasteiger partial charge in [0, 0.05) is 12.1 Å². The van der Waals surface area contributed by atoms with Crippen molar-refractivity contribution < 1.29 is 0 Å². The van der Waals surface area contributed by atoms with E-state index in [0.717, 1.165) is 0 Å². The topological polar surface area (TPSA) is 12.0 Å². The van der Waals surface area contributed by atoms with Crippen LogP contribution < -0.4 is 5.32 Å². The molecule has 0 amide bonds. The average Bonchev–Trinajstić information content (AvgIpc) is 2.60. The molecule has 1 heteroatoms. The molecule has 0 spiro atoms. The smallest absolute Gasteiger partial charge is 0.0303 e. The molecule has 0 saturated carbocycles. The summed E-state index contributed by atoms with van der Waals surface area (Å²) in [5.41, 5.74) is 4.27. The minimum absolute atomic E-state index is 0.200. The second-order valence-corrected chi connectivity index (χ2v) is 8.05. The molecule has 0 saturated heterocycles. The van der Waals surface area contributed by atoms with Crippen molar-refractivity contribution in [3.05, 3.63) is 83.4 Å². The van der Waals surface area contributed by atoms with Crippen LogP contribution in [0.3, 0.4) is 0 Å². The van der Waals surface area contributed by atoms with Crippen LogP contribution in [0.2, 0.25) is 0 Å². The first-order chi connectivity index (χ1) is 11.9. The predicted molar refractivity (Wildman–Crippen MR) is 109 cm³/mol. The molecule has 2 unspecified atom stereocenters. The highest BCUT2D eigenvalue weighted by Crippen LogP contribution is 2.28. The number of benzene rings is 3. The normalized spacial score (nSPS) is 14.4. The summed E-state index contributed by atoms with van der Waals surface area (Å²) in [4.78, 5) is 0. The third kappa shape index (κ3) is 3.93. The molecule has 1 nitrogen and oxygen atoms in total. The molecule has 0 fully saturated rings. The Balaban J connectivity index is 1.79. The molecule has 0 aliphatic heterocycles. The van der Waals surface area contributed by atoms with Crippen molar-refractivity contribution in [1.29, 1.82) is 0 Å². The lowest BCUT2D eigenvalue weighted by molar-refractivity contribution is 0.496. The van der Waals surface area contributed by atoms with E-state index in [1.807, 2.05) is 0 Å². The maximum absolute atomic E-state index is 3.76. The zero-order valence-electron chi connectivity index (χ0n) is 16.0. The summed E-state index contributed by atoms with van der Waals surface area (Å²) in [6, 6.07) is 24.8. The van der Waals surface area contributed by atoms with Crippen LogP contribution in [0.5, 0.6) is 0 Å². The maximum Gasteiger partial charge on any atom is 0.0303 e. The van der Waals surface area contributed by atoms with E-state index in [1.165, 1.54) is 27.5 Å². The van der Waals surface area contributed by atoms with Gasteiger partial charge in [0.25, 0.3) is 0 Å². The Morgan fingerprint density at radius 2 is 1.36 bits per heavy atom. The van der Waals surface area contributed by atoms with Gasteiger partial charge in [0.1, 0.15) is 0 Å². The molecule has 0 heterocycles. The van der Waals surface area contributed by atoms with Gasteiger partial charge in [-0.2, -0.15) is 0 Å². The second kappa shape index (κ2) is 7.01. The zero-order chi connectivity index (χ0) is 18.0. The molecule has 0 aromatic heterocycles. The van der Waals surface area contributed by atoms with E-state index in [9.17, 15) is 0 Å². The minimum Gasteiger partial charge on any atom is -0.304 e. The lowest BCUT2D eigenvalue weighted by Crippen LogP contribution is -2.23. The van der Waals surface area contributed by atoms with Crippen molar-refractivity contribution >= 4 is 10.8 Å². The van der Waals surface area contributed by atoms with E-state index in [4.69, 9.17) is 0 Å². The molecule has 0 aliphatic rings. The second-order valence-electron chi connectivity index (χ2n) is 8.05. The number of rotatable bonds is 4. The van der Waals surface area contributed by atoms with Crippen LogP contribution in [0, 0.1) is 0 Å². The van der Waals surface area contributed by atoms with E-state index < -0.39 is 0 Å². The lowest BCUT2D eigenvalue weighted by Gasteiger charge is -2.24. The molecule has 3 rings (SSSR count). The van der Waals surface area contributed by atoms with Gasteiger partial charge in [-0.3, -0.25) is 0 Å². The van der Waals surface area contributed by atoms with E-state index in [-0.39, 0.29) is 5.41 Å². The maximum atomic E-state index is 3.76. The standard InChI is InChI=1S/C24H29N/c1-17(19-13-15-21(16-14-19)24(3,4)5)25-18(2)22-12-8-10-20-9-6-7-11-23(20)22/h6-18,25H,1-5H3. The Kier molecular flexibility index (Phi) is 4.96. The highest BCUT2D eigenvalue weighted by Gasteiger charge is 2.16. The van der Waals surface area contributed by atoms with E-state index in [2.05, 4.69) is 107 Å². The van der Waals surface area contributed by atoms with Gasteiger partial charge >= 0.3 is 0 Å². The average molecular weight is 332 g/mol. The van der Waals surface area contributed by atoms with E-state index in [0.29, 0.717) is 12.1 Å². The molecule has 3 aromatic rings. The SMILES string of the molecule is CC(NC(C)c1cccc2ccccc12)c1ccc(C(C)(C)C)cc1. The fraction of sp³-hybridized carbons (Fsp3) is 0.333. The summed E-state index contributed by atoms with van der Waals surface area (Å²) >= 11 is 0. The first-order valence-electron chi connectivity index (χ1n) is 9.20. The van der Waals surface area contributed by atoms with Gasteiger partial charge < -0.3 is 5.32 Å². The summed E-state index contributed by atoms with van der Waals surface area (Å²) in [5, 5.41) is 6.40. The van der Waals surface area contributed by atoms with Crippen LogP contribution >= 0.6 is 0 Å². The van der Waals surface area contributed by atoms with Gasteiger partial charge in [0.2, 0.25) is 0 Å². The molecule has 1 N–H and O–H groups in total. The molecule has 0 bridgehead atoms. The summed E-state index contributed by atoms with van der Waals surface area (Å²) in [6.07, 6.45) is 0. The molecule has 3 aromatic carbocycles. The summed E-state index contributed by atoms with van der Waals surface area (Å²) in [7, 11) is 0. The number of hydrogen-bond acceptors (Lipinski definition) is 1. The summed E-state index contributed by atoms with van der Waals surface area (Å²) < 4.78 is 0. The van der Waals surface area contributed by atoms with Crippen LogP contribution in [0.15, 0.2) is 66.7 Å². The monoisotopic (exact) mass is 331 g/mol. The van der Waals surface area contributed by atoms with Gasteiger partial charge in [-0.25, -0.2) is 0 Å². The van der Waals surface area contributed by atoms with Gasteiger partial charge in [-0.1, -0.05) is 87.5 Å². The van der Waals surface area contributed by atoms with Gasteiger partial charge in [-0.15, -0.1) is 0 Å². The van der Waals surface area contributed by atoms with Crippen molar-refractivity contribution in [2.45, 2.75) is 52.1 Å². The molecule has 130 valence electrons. The van der Waals surface area contributed by atoms with Gasteiger partial charge in [0.15, 0.2) is 0 Å². The Morgan fingerprint density at radius 3 is 2.04 bits per heavy atom. The number of nitrogens with one attached hydrogen (secondary N) is 1.